The summed E-state index contributed by atoms with van der Waals surface area (Å²) in [5.74, 6) is -0.886. The van der Waals surface area contributed by atoms with Gasteiger partial charge in [0.1, 0.15) is 13.2 Å². The number of rotatable bonds is 54. The second kappa shape index (κ2) is 57.0. The summed E-state index contributed by atoms with van der Waals surface area (Å²) in [6.07, 6.45) is 69.7. The van der Waals surface area contributed by atoms with Gasteiger partial charge in [-0.1, -0.05) is 243 Å². The van der Waals surface area contributed by atoms with Gasteiger partial charge < -0.3 is 14.2 Å². The van der Waals surface area contributed by atoms with E-state index >= 15 is 0 Å². The Hall–Kier alpha value is -2.63. The van der Waals surface area contributed by atoms with E-state index in [9.17, 15) is 14.4 Å². The molecule has 0 rings (SSSR count). The van der Waals surface area contributed by atoms with Gasteiger partial charge in [-0.3, -0.25) is 14.4 Å². The third-order valence-corrected chi connectivity index (χ3v) is 13.0. The molecule has 0 saturated heterocycles. The Morgan fingerprint density at radius 1 is 0.294 bits per heavy atom. The Kier molecular flexibility index (Phi) is 54.8. The predicted octanol–water partition coefficient (Wildman–Crippen LogP) is 19.8. The maximum atomic E-state index is 12.8. The van der Waals surface area contributed by atoms with E-state index in [-0.39, 0.29) is 31.1 Å². The van der Waals surface area contributed by atoms with Gasteiger partial charge >= 0.3 is 17.9 Å². The van der Waals surface area contributed by atoms with Crippen LogP contribution in [0.3, 0.4) is 0 Å². The second-order valence-corrected chi connectivity index (χ2v) is 19.9. The number of ether oxygens (including phenoxy) is 3. The van der Waals surface area contributed by atoms with Crippen molar-refractivity contribution in [3.8, 4) is 0 Å². The predicted molar refractivity (Wildman–Crippen MR) is 293 cm³/mol. The highest BCUT2D eigenvalue weighted by atomic mass is 16.6. The van der Waals surface area contributed by atoms with Crippen LogP contribution in [0.25, 0.3) is 0 Å². The van der Waals surface area contributed by atoms with Crippen LogP contribution < -0.4 is 0 Å². The molecule has 0 fully saturated rings. The zero-order valence-electron chi connectivity index (χ0n) is 45.4. The summed E-state index contributed by atoms with van der Waals surface area (Å²) in [5.41, 5.74) is 0. The minimum Gasteiger partial charge on any atom is -0.462 e. The van der Waals surface area contributed by atoms with Crippen LogP contribution in [0.5, 0.6) is 0 Å². The molecule has 0 heterocycles. The number of unbranched alkanes of at least 4 members (excludes halogenated alkanes) is 35. The monoisotopic (exact) mass is 953 g/mol. The molecule has 6 nitrogen and oxygen atoms in total. The number of hydrogen-bond donors (Lipinski definition) is 0. The van der Waals surface area contributed by atoms with Gasteiger partial charge in [-0.25, -0.2) is 0 Å². The van der Waals surface area contributed by atoms with E-state index in [0.29, 0.717) is 19.3 Å². The zero-order valence-corrected chi connectivity index (χ0v) is 45.4. The standard InChI is InChI=1S/C62H112O6/c1-4-7-10-13-16-19-22-24-26-27-28-29-30-31-32-33-34-35-37-38-40-43-46-49-52-55-61(64)67-58-59(57-66-60(63)54-51-48-45-42-21-18-15-12-9-6-3)68-62(65)56-53-50-47-44-41-39-36-25-23-20-17-14-11-8-5-2/h12,15,22,24-25,27-28,36,59H,4-11,13-14,16-21,23,26,29-35,37-58H2,1-3H3/b15-12-,24-22-,28-27-,36-25-. The van der Waals surface area contributed by atoms with Crippen LogP contribution in [0.1, 0.15) is 310 Å². The molecule has 6 heteroatoms. The summed E-state index contributed by atoms with van der Waals surface area (Å²) in [4.78, 5) is 38.1. The van der Waals surface area contributed by atoms with E-state index in [1.54, 1.807) is 0 Å². The lowest BCUT2D eigenvalue weighted by Crippen LogP contribution is -2.30. The third kappa shape index (κ3) is 54.3. The van der Waals surface area contributed by atoms with Crippen molar-refractivity contribution in [1.29, 1.82) is 0 Å². The van der Waals surface area contributed by atoms with Crippen LogP contribution in [-0.4, -0.2) is 37.2 Å². The average molecular weight is 954 g/mol. The molecular weight excluding hydrogens is 841 g/mol. The van der Waals surface area contributed by atoms with Gasteiger partial charge in [-0.15, -0.1) is 0 Å². The maximum absolute atomic E-state index is 12.8. The Bertz CT molecular complexity index is 1190. The van der Waals surface area contributed by atoms with E-state index in [2.05, 4.69) is 69.4 Å². The second-order valence-electron chi connectivity index (χ2n) is 19.9. The maximum Gasteiger partial charge on any atom is 0.306 e. The fourth-order valence-electron chi connectivity index (χ4n) is 8.53. The summed E-state index contributed by atoms with van der Waals surface area (Å²) in [6, 6.07) is 0. The minimum absolute atomic E-state index is 0.0777. The molecule has 0 saturated carbocycles. The van der Waals surface area contributed by atoms with E-state index < -0.39 is 6.10 Å². The molecular formula is C62H112O6. The van der Waals surface area contributed by atoms with Gasteiger partial charge in [0.15, 0.2) is 6.10 Å². The smallest absolute Gasteiger partial charge is 0.306 e. The van der Waals surface area contributed by atoms with Crippen molar-refractivity contribution in [2.45, 2.75) is 316 Å². The molecule has 0 radical (unpaired) electrons. The van der Waals surface area contributed by atoms with Crippen molar-refractivity contribution in [2.24, 2.45) is 0 Å². The van der Waals surface area contributed by atoms with E-state index in [1.807, 2.05) is 0 Å². The van der Waals surface area contributed by atoms with Gasteiger partial charge in [-0.2, -0.15) is 0 Å². The molecule has 0 aromatic heterocycles. The third-order valence-electron chi connectivity index (χ3n) is 13.0. The normalized spacial score (nSPS) is 12.3. The Morgan fingerprint density at radius 3 is 0.882 bits per heavy atom. The quantitative estimate of drug-likeness (QED) is 0.0262. The van der Waals surface area contributed by atoms with Crippen LogP contribution in [-0.2, 0) is 28.6 Å². The van der Waals surface area contributed by atoms with Crippen LogP contribution in [0.4, 0.5) is 0 Å². The first kappa shape index (κ1) is 65.4. The van der Waals surface area contributed by atoms with Gasteiger partial charge in [0.25, 0.3) is 0 Å². The molecule has 0 bridgehead atoms. The van der Waals surface area contributed by atoms with Crippen LogP contribution in [0.2, 0.25) is 0 Å². The van der Waals surface area contributed by atoms with E-state index in [1.165, 1.54) is 186 Å². The SMILES string of the molecule is CCC/C=C\CCCCCCCC(=O)OCC(COC(=O)CCCCCCCCCCCCCCC/C=C\C/C=C\CCCCCCC)OC(=O)CCCCCCC/C=C\CCCCCCCC. The number of carbonyl (C=O) groups is 3. The lowest BCUT2D eigenvalue weighted by atomic mass is 10.0. The first-order valence-corrected chi connectivity index (χ1v) is 29.6. The van der Waals surface area contributed by atoms with Gasteiger partial charge in [-0.05, 0) is 96.3 Å². The molecule has 1 unspecified atom stereocenters. The molecule has 0 aromatic rings. The first-order chi connectivity index (χ1) is 33.5. The topological polar surface area (TPSA) is 78.9 Å². The highest BCUT2D eigenvalue weighted by Gasteiger charge is 2.19. The molecule has 0 amide bonds. The van der Waals surface area contributed by atoms with E-state index in [0.717, 1.165) is 83.5 Å². The number of allylic oxidation sites excluding steroid dienone is 8. The summed E-state index contributed by atoms with van der Waals surface area (Å²) in [5, 5.41) is 0. The minimum atomic E-state index is -0.779. The van der Waals surface area contributed by atoms with Crippen molar-refractivity contribution in [3.63, 3.8) is 0 Å². The first-order valence-electron chi connectivity index (χ1n) is 29.6. The summed E-state index contributed by atoms with van der Waals surface area (Å²) < 4.78 is 16.8. The van der Waals surface area contributed by atoms with Crippen molar-refractivity contribution < 1.29 is 28.6 Å². The van der Waals surface area contributed by atoms with Crippen molar-refractivity contribution in [2.75, 3.05) is 13.2 Å². The summed E-state index contributed by atoms with van der Waals surface area (Å²) in [7, 11) is 0. The Morgan fingerprint density at radius 2 is 0.559 bits per heavy atom. The molecule has 0 aromatic carbocycles. The molecule has 0 spiro atoms. The highest BCUT2D eigenvalue weighted by molar-refractivity contribution is 5.71. The number of hydrogen-bond acceptors (Lipinski definition) is 6. The van der Waals surface area contributed by atoms with Gasteiger partial charge in [0.05, 0.1) is 0 Å². The van der Waals surface area contributed by atoms with E-state index in [4.69, 9.17) is 14.2 Å². The molecule has 68 heavy (non-hydrogen) atoms. The van der Waals surface area contributed by atoms with Gasteiger partial charge in [0.2, 0.25) is 0 Å². The zero-order chi connectivity index (χ0) is 49.3. The number of esters is 3. The fraction of sp³-hybridized carbons (Fsp3) is 0.823. The highest BCUT2D eigenvalue weighted by Crippen LogP contribution is 2.16. The molecule has 396 valence electrons. The largest absolute Gasteiger partial charge is 0.462 e. The molecule has 0 aliphatic rings. The fourth-order valence-corrected chi connectivity index (χ4v) is 8.53. The van der Waals surface area contributed by atoms with Crippen molar-refractivity contribution >= 4 is 17.9 Å². The van der Waals surface area contributed by atoms with Crippen LogP contribution >= 0.6 is 0 Å². The van der Waals surface area contributed by atoms with Crippen molar-refractivity contribution in [3.05, 3.63) is 48.6 Å². The summed E-state index contributed by atoms with van der Waals surface area (Å²) in [6.45, 7) is 6.58. The molecule has 0 aliphatic carbocycles. The van der Waals surface area contributed by atoms with Crippen LogP contribution in [0, 0.1) is 0 Å². The number of carbonyl (C=O) groups excluding carboxylic acids is 3. The van der Waals surface area contributed by atoms with Crippen molar-refractivity contribution in [1.82, 2.24) is 0 Å². The summed E-state index contributed by atoms with van der Waals surface area (Å²) >= 11 is 0. The lowest BCUT2D eigenvalue weighted by molar-refractivity contribution is -0.167. The molecule has 0 N–H and O–H groups in total. The Labute approximate surface area is 422 Å². The molecule has 0 aliphatic heterocycles. The molecule has 1 atom stereocenters. The van der Waals surface area contributed by atoms with Crippen LogP contribution in [0.15, 0.2) is 48.6 Å². The average Bonchev–Trinajstić information content (AvgIpc) is 3.34. The lowest BCUT2D eigenvalue weighted by Gasteiger charge is -2.18. The Balaban J connectivity index is 4.21. The van der Waals surface area contributed by atoms with Gasteiger partial charge in [0, 0.05) is 19.3 Å².